The zero-order chi connectivity index (χ0) is 11.2. The lowest BCUT2D eigenvalue weighted by Gasteiger charge is -2.04. The van der Waals surface area contributed by atoms with E-state index in [4.69, 9.17) is 4.52 Å². The van der Waals surface area contributed by atoms with Crippen molar-refractivity contribution >= 4 is 12.4 Å². The van der Waals surface area contributed by atoms with Crippen molar-refractivity contribution in [2.75, 3.05) is 6.54 Å². The number of nitrogens with zero attached hydrogens (tertiary/aromatic N) is 2. The lowest BCUT2D eigenvalue weighted by Crippen LogP contribution is -2.19. The summed E-state index contributed by atoms with van der Waals surface area (Å²) in [5.74, 6) is -1.04. The normalized spacial score (nSPS) is 26.8. The zero-order valence-corrected chi connectivity index (χ0v) is 9.97. The Morgan fingerprint density at radius 3 is 2.76 bits per heavy atom. The van der Waals surface area contributed by atoms with Crippen LogP contribution in [-0.4, -0.2) is 22.6 Å². The van der Waals surface area contributed by atoms with Crippen LogP contribution in [0.25, 0.3) is 0 Å². The van der Waals surface area contributed by atoms with Gasteiger partial charge >= 0.3 is 0 Å². The molecule has 2 fully saturated rings. The number of nitrogens with one attached hydrogen (secondary N) is 1. The molecule has 3 rings (SSSR count). The fourth-order valence-corrected chi connectivity index (χ4v) is 1.96. The van der Waals surface area contributed by atoms with Crippen molar-refractivity contribution in [3.8, 4) is 0 Å². The predicted molar refractivity (Wildman–Crippen MR) is 58.3 cm³/mol. The van der Waals surface area contributed by atoms with Crippen LogP contribution in [-0.2, 0) is 6.42 Å². The van der Waals surface area contributed by atoms with Gasteiger partial charge in [0.2, 0.25) is 5.89 Å². The quantitative estimate of drug-likeness (QED) is 0.909. The summed E-state index contributed by atoms with van der Waals surface area (Å²) in [5, 5.41) is 6.52. The predicted octanol–water partition coefficient (Wildman–Crippen LogP) is 2.11. The first-order valence-electron chi connectivity index (χ1n) is 5.56. The molecule has 1 atom stereocenters. The summed E-state index contributed by atoms with van der Waals surface area (Å²) in [5.41, 5.74) is 0. The fraction of sp³-hybridized carbons (Fsp3) is 0.800. The van der Waals surface area contributed by atoms with Gasteiger partial charge in [0.25, 0.3) is 5.92 Å². The summed E-state index contributed by atoms with van der Waals surface area (Å²) in [6.07, 6.45) is 2.98. The van der Waals surface area contributed by atoms with E-state index in [0.29, 0.717) is 17.6 Å². The Balaban J connectivity index is 0.00000108. The van der Waals surface area contributed by atoms with Crippen LogP contribution in [0.3, 0.4) is 0 Å². The Morgan fingerprint density at radius 1 is 1.41 bits per heavy atom. The van der Waals surface area contributed by atoms with E-state index in [1.807, 2.05) is 0 Å². The topological polar surface area (TPSA) is 51.0 Å². The van der Waals surface area contributed by atoms with E-state index in [2.05, 4.69) is 15.5 Å². The highest BCUT2D eigenvalue weighted by atomic mass is 35.5. The number of rotatable bonds is 3. The molecule has 0 spiro atoms. The lowest BCUT2D eigenvalue weighted by molar-refractivity contribution is 0.0200. The third-order valence-electron chi connectivity index (χ3n) is 3.06. The van der Waals surface area contributed by atoms with E-state index < -0.39 is 12.0 Å². The minimum absolute atomic E-state index is 0. The van der Waals surface area contributed by atoms with Crippen LogP contribution in [0.5, 0.6) is 0 Å². The highest BCUT2D eigenvalue weighted by Crippen LogP contribution is 2.34. The monoisotopic (exact) mass is 265 g/mol. The molecule has 1 saturated heterocycles. The minimum Gasteiger partial charge on any atom is -0.338 e. The number of halogens is 3. The Bertz CT molecular complexity index is 395. The molecule has 2 aliphatic rings. The van der Waals surface area contributed by atoms with Crippen LogP contribution in [0.4, 0.5) is 8.78 Å². The zero-order valence-electron chi connectivity index (χ0n) is 9.16. The summed E-state index contributed by atoms with van der Waals surface area (Å²) in [6, 6.07) is -0.490. The standard InChI is InChI=1S/C10H13F2N3O.ClH/c11-10(12)4-7(13-5-10)9-14-8(15-16-9)3-6-1-2-6;/h6-7,13H,1-5H2;1H. The van der Waals surface area contributed by atoms with E-state index in [1.165, 1.54) is 12.8 Å². The molecular formula is C10H14ClF2N3O. The van der Waals surface area contributed by atoms with Crippen LogP contribution in [0.1, 0.15) is 37.0 Å². The van der Waals surface area contributed by atoms with Crippen LogP contribution in [0, 0.1) is 5.92 Å². The van der Waals surface area contributed by atoms with Crippen LogP contribution in [0.2, 0.25) is 0 Å². The van der Waals surface area contributed by atoms with Crippen molar-refractivity contribution in [2.45, 2.75) is 37.6 Å². The van der Waals surface area contributed by atoms with Crippen molar-refractivity contribution in [3.05, 3.63) is 11.7 Å². The van der Waals surface area contributed by atoms with E-state index in [9.17, 15) is 8.78 Å². The summed E-state index contributed by atoms with van der Waals surface area (Å²) < 4.78 is 30.9. The molecular weight excluding hydrogens is 252 g/mol. The molecule has 0 radical (unpaired) electrons. The molecule has 1 N–H and O–H groups in total. The van der Waals surface area contributed by atoms with E-state index in [0.717, 1.165) is 6.42 Å². The minimum atomic E-state index is -2.66. The molecule has 0 amide bonds. The molecule has 96 valence electrons. The van der Waals surface area contributed by atoms with Gasteiger partial charge in [-0.25, -0.2) is 8.78 Å². The van der Waals surface area contributed by atoms with E-state index in [1.54, 1.807) is 0 Å². The lowest BCUT2D eigenvalue weighted by atomic mass is 10.2. The molecule has 7 heteroatoms. The fourth-order valence-electron chi connectivity index (χ4n) is 1.96. The van der Waals surface area contributed by atoms with Gasteiger partial charge in [0.05, 0.1) is 12.6 Å². The Hall–Kier alpha value is -0.750. The largest absolute Gasteiger partial charge is 0.338 e. The Morgan fingerprint density at radius 2 is 2.18 bits per heavy atom. The first-order chi connectivity index (χ1) is 7.62. The number of aromatic nitrogens is 2. The van der Waals surface area contributed by atoms with E-state index >= 15 is 0 Å². The van der Waals surface area contributed by atoms with Crippen molar-refractivity contribution in [2.24, 2.45) is 5.92 Å². The molecule has 2 heterocycles. The van der Waals surface area contributed by atoms with Gasteiger partial charge in [-0.3, -0.25) is 5.32 Å². The molecule has 0 bridgehead atoms. The summed E-state index contributed by atoms with van der Waals surface area (Å²) >= 11 is 0. The second-order valence-corrected chi connectivity index (χ2v) is 4.69. The van der Waals surface area contributed by atoms with Crippen molar-refractivity contribution in [3.63, 3.8) is 0 Å². The highest BCUT2D eigenvalue weighted by Gasteiger charge is 2.42. The van der Waals surface area contributed by atoms with Crippen LogP contribution >= 0.6 is 12.4 Å². The number of hydrogen-bond acceptors (Lipinski definition) is 4. The third kappa shape index (κ3) is 2.93. The van der Waals surface area contributed by atoms with Gasteiger partial charge in [-0.15, -0.1) is 12.4 Å². The molecule has 1 saturated carbocycles. The van der Waals surface area contributed by atoms with Crippen LogP contribution in [0.15, 0.2) is 4.52 Å². The van der Waals surface area contributed by atoms with Crippen molar-refractivity contribution in [1.29, 1.82) is 0 Å². The smallest absolute Gasteiger partial charge is 0.262 e. The van der Waals surface area contributed by atoms with Gasteiger partial charge in [0.1, 0.15) is 0 Å². The molecule has 1 aromatic heterocycles. The van der Waals surface area contributed by atoms with Crippen molar-refractivity contribution < 1.29 is 13.3 Å². The van der Waals surface area contributed by atoms with Gasteiger partial charge in [-0.1, -0.05) is 5.16 Å². The molecule has 17 heavy (non-hydrogen) atoms. The second-order valence-electron chi connectivity index (χ2n) is 4.69. The van der Waals surface area contributed by atoms with E-state index in [-0.39, 0.29) is 25.4 Å². The first kappa shape index (κ1) is 12.7. The summed E-state index contributed by atoms with van der Waals surface area (Å²) in [7, 11) is 0. The highest BCUT2D eigenvalue weighted by molar-refractivity contribution is 5.85. The van der Waals surface area contributed by atoms with Crippen LogP contribution < -0.4 is 5.32 Å². The molecule has 0 aromatic carbocycles. The average Bonchev–Trinajstić information content (AvgIpc) is 2.76. The maximum atomic E-state index is 13.0. The average molecular weight is 266 g/mol. The SMILES string of the molecule is Cl.FC1(F)CNC(c2nc(CC3CC3)no2)C1. The van der Waals surface area contributed by atoms with Gasteiger partial charge in [0.15, 0.2) is 5.82 Å². The maximum absolute atomic E-state index is 13.0. The first-order valence-corrected chi connectivity index (χ1v) is 5.56. The number of alkyl halides is 2. The summed E-state index contributed by atoms with van der Waals surface area (Å²) in [6.45, 7) is -0.308. The van der Waals surface area contributed by atoms with Gasteiger partial charge < -0.3 is 4.52 Å². The van der Waals surface area contributed by atoms with Gasteiger partial charge in [-0.05, 0) is 18.8 Å². The molecule has 4 nitrogen and oxygen atoms in total. The van der Waals surface area contributed by atoms with Crippen molar-refractivity contribution in [1.82, 2.24) is 15.5 Å². The second kappa shape index (κ2) is 4.49. The molecule has 1 aliphatic carbocycles. The van der Waals surface area contributed by atoms with Gasteiger partial charge in [0, 0.05) is 12.8 Å². The Labute approximate surface area is 104 Å². The molecule has 1 aliphatic heterocycles. The summed E-state index contributed by atoms with van der Waals surface area (Å²) in [4.78, 5) is 4.16. The molecule has 1 aromatic rings. The third-order valence-corrected chi connectivity index (χ3v) is 3.06. The number of hydrogen-bond donors (Lipinski definition) is 1. The molecule has 1 unspecified atom stereocenters. The van der Waals surface area contributed by atoms with Gasteiger partial charge in [-0.2, -0.15) is 4.98 Å². The Kier molecular flexibility index (Phi) is 3.36. The maximum Gasteiger partial charge on any atom is 0.262 e.